The van der Waals surface area contributed by atoms with Gasteiger partial charge in [-0.25, -0.2) is 13.1 Å². The van der Waals surface area contributed by atoms with Crippen LogP contribution in [0.2, 0.25) is 0 Å². The normalized spacial score (nSPS) is 21.2. The van der Waals surface area contributed by atoms with Crippen molar-refractivity contribution in [1.29, 1.82) is 0 Å². The number of carbonyl (C=O) groups excluding carboxylic acids is 2. The smallest absolute Gasteiger partial charge is 0.240 e. The van der Waals surface area contributed by atoms with Gasteiger partial charge in [0.15, 0.2) is 0 Å². The van der Waals surface area contributed by atoms with Gasteiger partial charge in [0.25, 0.3) is 0 Å². The molecule has 0 bridgehead atoms. The SMILES string of the molecule is CCc1ccc(S(=O)(=O)NC2CCN(C(=O)C3CC(=O)N(C(C)C)C3)CC2)cc1. The highest BCUT2D eigenvalue weighted by Crippen LogP contribution is 2.24. The van der Waals surface area contributed by atoms with E-state index < -0.39 is 10.0 Å². The van der Waals surface area contributed by atoms with Crippen molar-refractivity contribution in [3.05, 3.63) is 29.8 Å². The second-order valence-corrected chi connectivity index (χ2v) is 9.97. The van der Waals surface area contributed by atoms with Crippen LogP contribution in [0.25, 0.3) is 0 Å². The van der Waals surface area contributed by atoms with Crippen LogP contribution in [0.3, 0.4) is 0 Å². The third-order valence-corrected chi connectivity index (χ3v) is 7.44. The van der Waals surface area contributed by atoms with Gasteiger partial charge in [-0.15, -0.1) is 0 Å². The van der Waals surface area contributed by atoms with Crippen molar-refractivity contribution in [2.45, 2.75) is 63.4 Å². The molecule has 2 aliphatic heterocycles. The van der Waals surface area contributed by atoms with Crippen molar-refractivity contribution < 1.29 is 18.0 Å². The quantitative estimate of drug-likeness (QED) is 0.759. The van der Waals surface area contributed by atoms with Gasteiger partial charge in [0, 0.05) is 38.1 Å². The minimum Gasteiger partial charge on any atom is -0.342 e. The summed E-state index contributed by atoms with van der Waals surface area (Å²) in [5.74, 6) is -0.233. The molecule has 160 valence electrons. The summed E-state index contributed by atoms with van der Waals surface area (Å²) in [7, 11) is -3.57. The number of likely N-dealkylation sites (tertiary alicyclic amines) is 2. The van der Waals surface area contributed by atoms with E-state index in [1.54, 1.807) is 21.9 Å². The van der Waals surface area contributed by atoms with Crippen molar-refractivity contribution >= 4 is 21.8 Å². The van der Waals surface area contributed by atoms with E-state index in [4.69, 9.17) is 0 Å². The third kappa shape index (κ3) is 4.98. The number of aryl methyl sites for hydroxylation is 1. The van der Waals surface area contributed by atoms with E-state index in [-0.39, 0.29) is 41.1 Å². The number of hydrogen-bond acceptors (Lipinski definition) is 4. The van der Waals surface area contributed by atoms with Gasteiger partial charge >= 0.3 is 0 Å². The summed E-state index contributed by atoms with van der Waals surface area (Å²) in [5, 5.41) is 0. The Balaban J connectivity index is 1.53. The van der Waals surface area contributed by atoms with Crippen molar-refractivity contribution in [1.82, 2.24) is 14.5 Å². The monoisotopic (exact) mass is 421 g/mol. The Morgan fingerprint density at radius 2 is 1.79 bits per heavy atom. The van der Waals surface area contributed by atoms with Crippen molar-refractivity contribution in [3.8, 4) is 0 Å². The topological polar surface area (TPSA) is 86.8 Å². The van der Waals surface area contributed by atoms with E-state index >= 15 is 0 Å². The van der Waals surface area contributed by atoms with E-state index in [2.05, 4.69) is 4.72 Å². The van der Waals surface area contributed by atoms with Crippen molar-refractivity contribution in [2.24, 2.45) is 5.92 Å². The summed E-state index contributed by atoms with van der Waals surface area (Å²) in [4.78, 5) is 28.7. The minimum absolute atomic E-state index is 0.0120. The summed E-state index contributed by atoms with van der Waals surface area (Å²) in [6, 6.07) is 6.85. The molecule has 3 rings (SSSR count). The van der Waals surface area contributed by atoms with Gasteiger partial charge in [0.1, 0.15) is 0 Å². The van der Waals surface area contributed by atoms with Crippen LogP contribution in [-0.2, 0) is 26.0 Å². The molecular weight excluding hydrogens is 390 g/mol. The van der Waals surface area contributed by atoms with Gasteiger partial charge in [0.05, 0.1) is 10.8 Å². The lowest BCUT2D eigenvalue weighted by Crippen LogP contribution is -2.48. The number of nitrogens with zero attached hydrogens (tertiary/aromatic N) is 2. The van der Waals surface area contributed by atoms with Crippen LogP contribution in [0.5, 0.6) is 0 Å². The Bertz CT molecular complexity index is 843. The highest BCUT2D eigenvalue weighted by atomic mass is 32.2. The molecule has 2 saturated heterocycles. The molecule has 1 aromatic rings. The number of amides is 2. The van der Waals surface area contributed by atoms with Crippen LogP contribution in [0.15, 0.2) is 29.2 Å². The summed E-state index contributed by atoms with van der Waals surface area (Å²) >= 11 is 0. The van der Waals surface area contributed by atoms with Crippen LogP contribution in [0.4, 0.5) is 0 Å². The fourth-order valence-electron chi connectivity index (χ4n) is 4.06. The molecule has 1 atom stereocenters. The first-order valence-electron chi connectivity index (χ1n) is 10.4. The van der Waals surface area contributed by atoms with Crippen LogP contribution in [0.1, 0.15) is 45.6 Å². The lowest BCUT2D eigenvalue weighted by Gasteiger charge is -2.33. The van der Waals surface area contributed by atoms with Gasteiger partial charge in [0.2, 0.25) is 21.8 Å². The lowest BCUT2D eigenvalue weighted by molar-refractivity contribution is -0.136. The Kier molecular flexibility index (Phi) is 6.63. The fourth-order valence-corrected chi connectivity index (χ4v) is 5.37. The Morgan fingerprint density at radius 3 is 2.31 bits per heavy atom. The molecule has 2 amide bonds. The predicted octanol–water partition coefficient (Wildman–Crippen LogP) is 1.78. The first-order chi connectivity index (χ1) is 13.7. The zero-order valence-corrected chi connectivity index (χ0v) is 18.2. The van der Waals surface area contributed by atoms with Gasteiger partial charge in [-0.2, -0.15) is 0 Å². The zero-order valence-electron chi connectivity index (χ0n) is 17.4. The highest BCUT2D eigenvalue weighted by molar-refractivity contribution is 7.89. The number of nitrogens with one attached hydrogen (secondary N) is 1. The highest BCUT2D eigenvalue weighted by Gasteiger charge is 2.38. The zero-order chi connectivity index (χ0) is 21.2. The van der Waals surface area contributed by atoms with E-state index in [1.807, 2.05) is 32.9 Å². The van der Waals surface area contributed by atoms with Crippen LogP contribution < -0.4 is 4.72 Å². The molecule has 29 heavy (non-hydrogen) atoms. The maximum absolute atomic E-state index is 12.8. The van der Waals surface area contributed by atoms with Gasteiger partial charge < -0.3 is 9.80 Å². The Morgan fingerprint density at radius 1 is 1.17 bits per heavy atom. The molecular formula is C21H31N3O4S. The third-order valence-electron chi connectivity index (χ3n) is 5.90. The molecule has 0 saturated carbocycles. The van der Waals surface area contributed by atoms with Gasteiger partial charge in [-0.1, -0.05) is 19.1 Å². The Labute approximate surface area is 173 Å². The molecule has 7 nitrogen and oxygen atoms in total. The predicted molar refractivity (Wildman–Crippen MR) is 111 cm³/mol. The summed E-state index contributed by atoms with van der Waals surface area (Å²) in [6.45, 7) is 7.44. The van der Waals surface area contributed by atoms with Crippen LogP contribution in [0, 0.1) is 5.92 Å². The average Bonchev–Trinajstić information content (AvgIpc) is 3.10. The standard InChI is InChI=1S/C21H31N3O4S/c1-4-16-5-7-19(8-6-16)29(27,28)22-18-9-11-23(12-10-18)21(26)17-13-20(25)24(14-17)15(2)3/h5-8,15,17-18,22H,4,9-14H2,1-3H3. The number of rotatable bonds is 6. The summed E-state index contributed by atoms with van der Waals surface area (Å²) in [5.41, 5.74) is 1.09. The van der Waals surface area contributed by atoms with Crippen molar-refractivity contribution in [3.63, 3.8) is 0 Å². The lowest BCUT2D eigenvalue weighted by atomic mass is 10.0. The first kappa shape index (κ1) is 21.8. The minimum atomic E-state index is -3.57. The molecule has 0 aromatic heterocycles. The molecule has 2 fully saturated rings. The number of piperidine rings is 1. The molecule has 2 heterocycles. The van der Waals surface area contributed by atoms with Crippen LogP contribution >= 0.6 is 0 Å². The average molecular weight is 422 g/mol. The largest absolute Gasteiger partial charge is 0.342 e. The van der Waals surface area contributed by atoms with Crippen molar-refractivity contribution in [2.75, 3.05) is 19.6 Å². The number of benzene rings is 1. The second-order valence-electron chi connectivity index (χ2n) is 8.26. The molecule has 1 unspecified atom stereocenters. The van der Waals surface area contributed by atoms with E-state index in [0.717, 1.165) is 12.0 Å². The maximum Gasteiger partial charge on any atom is 0.240 e. The van der Waals surface area contributed by atoms with Gasteiger partial charge in [-0.3, -0.25) is 9.59 Å². The van der Waals surface area contributed by atoms with Gasteiger partial charge in [-0.05, 0) is 50.8 Å². The number of carbonyl (C=O) groups is 2. The van der Waals surface area contributed by atoms with E-state index in [1.165, 1.54) is 0 Å². The maximum atomic E-state index is 12.8. The second kappa shape index (κ2) is 8.83. The summed E-state index contributed by atoms with van der Waals surface area (Å²) in [6.07, 6.45) is 2.29. The summed E-state index contributed by atoms with van der Waals surface area (Å²) < 4.78 is 28.0. The number of sulfonamides is 1. The molecule has 1 aromatic carbocycles. The molecule has 8 heteroatoms. The molecule has 0 aliphatic carbocycles. The van der Waals surface area contributed by atoms with E-state index in [0.29, 0.717) is 32.5 Å². The first-order valence-corrected chi connectivity index (χ1v) is 11.9. The van der Waals surface area contributed by atoms with E-state index in [9.17, 15) is 18.0 Å². The Hall–Kier alpha value is -1.93. The number of hydrogen-bond donors (Lipinski definition) is 1. The molecule has 0 radical (unpaired) electrons. The molecule has 0 spiro atoms. The van der Waals surface area contributed by atoms with Crippen LogP contribution in [-0.4, -0.2) is 61.7 Å². The fraction of sp³-hybridized carbons (Fsp3) is 0.619. The molecule has 1 N–H and O–H groups in total. The molecule has 2 aliphatic rings.